The minimum Gasteiger partial charge on any atom is -0.389 e. The van der Waals surface area contributed by atoms with Gasteiger partial charge in [-0.1, -0.05) is 56.5 Å². The van der Waals surface area contributed by atoms with Crippen LogP contribution in [0, 0.1) is 5.92 Å². The molecule has 3 aromatic rings. The third kappa shape index (κ3) is 6.02. The number of H-pyrrole nitrogens is 1. The van der Waals surface area contributed by atoms with Crippen molar-refractivity contribution in [3.63, 3.8) is 0 Å². The molecule has 2 aromatic heterocycles. The minimum atomic E-state index is -0.591. The molecular formula is C28H37N3O3S. The Bertz CT molecular complexity index is 1170. The first kappa shape index (κ1) is 24.6. The highest BCUT2D eigenvalue weighted by Gasteiger charge is 2.26. The van der Waals surface area contributed by atoms with Gasteiger partial charge in [-0.15, -0.1) is 11.3 Å². The number of ether oxygens (including phenoxy) is 1. The molecule has 2 atom stereocenters. The zero-order valence-corrected chi connectivity index (χ0v) is 21.5. The smallest absolute Gasteiger partial charge is 0.259 e. The number of nitrogens with zero attached hydrogens (tertiary/aromatic N) is 2. The molecule has 188 valence electrons. The maximum Gasteiger partial charge on any atom is 0.259 e. The van der Waals surface area contributed by atoms with Crippen molar-refractivity contribution in [3.8, 4) is 0 Å². The number of nitrogens with one attached hydrogen (secondary N) is 1. The molecule has 0 bridgehead atoms. The van der Waals surface area contributed by atoms with E-state index in [9.17, 15) is 9.90 Å². The fourth-order valence-corrected chi connectivity index (χ4v) is 7.06. The number of aromatic nitrogens is 2. The van der Waals surface area contributed by atoms with Gasteiger partial charge in [-0.3, -0.25) is 9.69 Å². The van der Waals surface area contributed by atoms with Crippen LogP contribution < -0.4 is 5.56 Å². The maximum atomic E-state index is 13.1. The largest absolute Gasteiger partial charge is 0.389 e. The Kier molecular flexibility index (Phi) is 7.97. The van der Waals surface area contributed by atoms with Crippen molar-refractivity contribution < 1.29 is 9.84 Å². The second-order valence-electron chi connectivity index (χ2n) is 10.4. The molecule has 0 amide bonds. The number of rotatable bonds is 9. The van der Waals surface area contributed by atoms with E-state index >= 15 is 0 Å². The molecule has 6 nitrogen and oxygen atoms in total. The van der Waals surface area contributed by atoms with Gasteiger partial charge in [0.1, 0.15) is 10.7 Å². The second kappa shape index (κ2) is 11.3. The Morgan fingerprint density at radius 1 is 1.20 bits per heavy atom. The molecule has 1 aromatic carbocycles. The average molecular weight is 496 g/mol. The third-order valence-corrected chi connectivity index (χ3v) is 8.67. The first-order valence-electron chi connectivity index (χ1n) is 13.1. The van der Waals surface area contributed by atoms with Crippen molar-refractivity contribution in [1.29, 1.82) is 0 Å². The van der Waals surface area contributed by atoms with Gasteiger partial charge in [-0.2, -0.15) is 0 Å². The molecule has 7 heteroatoms. The molecule has 2 aliphatic carbocycles. The fraction of sp³-hybridized carbons (Fsp3) is 0.571. The summed E-state index contributed by atoms with van der Waals surface area (Å²) in [5, 5.41) is 11.6. The molecule has 0 saturated heterocycles. The maximum absolute atomic E-state index is 13.1. The van der Waals surface area contributed by atoms with E-state index in [1.54, 1.807) is 11.3 Å². The number of aliphatic hydroxyl groups excluding tert-OH is 1. The summed E-state index contributed by atoms with van der Waals surface area (Å²) >= 11 is 1.70. The number of aryl methyl sites for hydroxylation is 1. The van der Waals surface area contributed by atoms with Crippen molar-refractivity contribution in [1.82, 2.24) is 14.9 Å². The molecule has 0 radical (unpaired) electrons. The van der Waals surface area contributed by atoms with Crippen LogP contribution >= 0.6 is 11.3 Å². The Labute approximate surface area is 211 Å². The van der Waals surface area contributed by atoms with Crippen molar-refractivity contribution in [3.05, 3.63) is 62.5 Å². The van der Waals surface area contributed by atoms with E-state index in [-0.39, 0.29) is 12.2 Å². The first-order valence-corrected chi connectivity index (χ1v) is 14.0. The zero-order valence-electron chi connectivity index (χ0n) is 20.7. The van der Waals surface area contributed by atoms with Gasteiger partial charge in [-0.05, 0) is 49.1 Å². The molecule has 2 unspecified atom stereocenters. The predicted molar refractivity (Wildman–Crippen MR) is 141 cm³/mol. The fourth-order valence-electron chi connectivity index (χ4n) is 5.66. The van der Waals surface area contributed by atoms with Gasteiger partial charge in [-0.25, -0.2) is 4.98 Å². The van der Waals surface area contributed by atoms with E-state index in [0.29, 0.717) is 37.5 Å². The Balaban J connectivity index is 1.29. The van der Waals surface area contributed by atoms with Crippen LogP contribution in [-0.2, 0) is 30.7 Å². The van der Waals surface area contributed by atoms with Gasteiger partial charge in [0.05, 0.1) is 31.2 Å². The second-order valence-corrected chi connectivity index (χ2v) is 11.5. The molecule has 2 aliphatic rings. The summed E-state index contributed by atoms with van der Waals surface area (Å²) < 4.78 is 5.80. The monoisotopic (exact) mass is 495 g/mol. The first-order chi connectivity index (χ1) is 17.1. The van der Waals surface area contributed by atoms with E-state index in [4.69, 9.17) is 9.72 Å². The predicted octanol–water partition coefficient (Wildman–Crippen LogP) is 4.82. The highest BCUT2D eigenvalue weighted by atomic mass is 32.1. The van der Waals surface area contributed by atoms with E-state index in [1.165, 1.54) is 29.7 Å². The highest BCUT2D eigenvalue weighted by molar-refractivity contribution is 7.18. The van der Waals surface area contributed by atoms with Crippen molar-refractivity contribution in [2.24, 2.45) is 5.92 Å². The lowest BCUT2D eigenvalue weighted by atomic mass is 9.89. The van der Waals surface area contributed by atoms with Gasteiger partial charge in [0, 0.05) is 17.5 Å². The normalized spacial score (nSPS) is 19.8. The SMILES string of the molecule is CC1CCc2c(sc3nc(CN(CC(O)COCc4ccccc4)C4CCCCC4)[nH]c(=O)c23)C1. The standard InChI is InChI=1S/C28H37N3O3S/c1-19-12-13-23-24(14-19)35-28-26(23)27(33)29-25(30-28)16-31(21-10-6-3-7-11-21)15-22(32)18-34-17-20-8-4-2-5-9-20/h2,4-5,8-9,19,21-22,32H,3,6-7,10-18H2,1H3,(H,29,30,33). The Hall–Kier alpha value is -2.06. The van der Waals surface area contributed by atoms with Gasteiger partial charge in [0.2, 0.25) is 0 Å². The number of fused-ring (bicyclic) bond motifs is 3. The van der Waals surface area contributed by atoms with Gasteiger partial charge in [0.15, 0.2) is 0 Å². The molecule has 1 fully saturated rings. The molecule has 2 N–H and O–H groups in total. The van der Waals surface area contributed by atoms with E-state index < -0.39 is 6.10 Å². The number of hydrogen-bond acceptors (Lipinski definition) is 6. The van der Waals surface area contributed by atoms with Crippen LogP contribution in [0.4, 0.5) is 0 Å². The lowest BCUT2D eigenvalue weighted by Gasteiger charge is -2.35. The van der Waals surface area contributed by atoms with E-state index in [1.807, 2.05) is 30.3 Å². The summed E-state index contributed by atoms with van der Waals surface area (Å²) in [5.74, 6) is 1.37. The molecular weight excluding hydrogens is 458 g/mol. The lowest BCUT2D eigenvalue weighted by molar-refractivity contribution is -0.00393. The number of benzene rings is 1. The number of aromatic amines is 1. The van der Waals surface area contributed by atoms with Gasteiger partial charge >= 0.3 is 0 Å². The molecule has 0 aliphatic heterocycles. The van der Waals surface area contributed by atoms with Crippen LogP contribution in [0.3, 0.4) is 0 Å². The highest BCUT2D eigenvalue weighted by Crippen LogP contribution is 2.35. The lowest BCUT2D eigenvalue weighted by Crippen LogP contribution is -2.43. The van der Waals surface area contributed by atoms with Crippen LogP contribution in [-0.4, -0.2) is 45.3 Å². The molecule has 35 heavy (non-hydrogen) atoms. The number of hydrogen-bond donors (Lipinski definition) is 2. The van der Waals surface area contributed by atoms with E-state index in [0.717, 1.165) is 47.9 Å². The summed E-state index contributed by atoms with van der Waals surface area (Å²) in [6, 6.07) is 10.4. The number of aliphatic hydroxyl groups is 1. The van der Waals surface area contributed by atoms with Gasteiger partial charge < -0.3 is 14.8 Å². The van der Waals surface area contributed by atoms with Gasteiger partial charge in [0.25, 0.3) is 5.56 Å². The zero-order chi connectivity index (χ0) is 24.2. The summed E-state index contributed by atoms with van der Waals surface area (Å²) in [6.07, 6.45) is 8.50. The van der Waals surface area contributed by atoms with Crippen LogP contribution in [0.2, 0.25) is 0 Å². The summed E-state index contributed by atoms with van der Waals surface area (Å²) in [4.78, 5) is 25.6. The summed E-state index contributed by atoms with van der Waals surface area (Å²) in [7, 11) is 0. The topological polar surface area (TPSA) is 78.5 Å². The van der Waals surface area contributed by atoms with Crippen LogP contribution in [0.25, 0.3) is 10.2 Å². The quantitative estimate of drug-likeness (QED) is 0.445. The minimum absolute atomic E-state index is 0.00705. The molecule has 2 heterocycles. The van der Waals surface area contributed by atoms with Crippen LogP contribution in [0.5, 0.6) is 0 Å². The van der Waals surface area contributed by atoms with Crippen molar-refractivity contribution >= 4 is 21.6 Å². The summed E-state index contributed by atoms with van der Waals surface area (Å²) in [5.41, 5.74) is 2.32. The third-order valence-electron chi connectivity index (χ3n) is 7.53. The van der Waals surface area contributed by atoms with Crippen molar-refractivity contribution in [2.75, 3.05) is 13.2 Å². The van der Waals surface area contributed by atoms with E-state index in [2.05, 4.69) is 16.8 Å². The molecule has 5 rings (SSSR count). The molecule has 1 saturated carbocycles. The van der Waals surface area contributed by atoms with Crippen LogP contribution in [0.1, 0.15) is 67.3 Å². The average Bonchev–Trinajstić information content (AvgIpc) is 3.22. The van der Waals surface area contributed by atoms with Crippen molar-refractivity contribution in [2.45, 2.75) is 83.6 Å². The number of thiophene rings is 1. The van der Waals surface area contributed by atoms with Crippen LogP contribution in [0.15, 0.2) is 35.1 Å². The molecule has 0 spiro atoms. The summed E-state index contributed by atoms with van der Waals surface area (Å²) in [6.45, 7) is 4.13. The Morgan fingerprint density at radius 3 is 2.80 bits per heavy atom. The Morgan fingerprint density at radius 2 is 2.00 bits per heavy atom.